The van der Waals surface area contributed by atoms with Gasteiger partial charge in [-0.05, 0) is 61.2 Å². The Labute approximate surface area is 170 Å². The molecule has 1 unspecified atom stereocenters. The van der Waals surface area contributed by atoms with Crippen LogP contribution in [0.15, 0.2) is 59.5 Å². The van der Waals surface area contributed by atoms with Gasteiger partial charge in [0, 0.05) is 17.8 Å². The van der Waals surface area contributed by atoms with Gasteiger partial charge in [-0.1, -0.05) is 12.2 Å². The Kier molecular flexibility index (Phi) is 6.43. The predicted octanol–water partition coefficient (Wildman–Crippen LogP) is 3.80. The molecule has 0 fully saturated rings. The molecule has 0 aliphatic heterocycles. The molecule has 2 N–H and O–H groups in total. The minimum atomic E-state index is -3.93. The summed E-state index contributed by atoms with van der Waals surface area (Å²) in [5.41, 5.74) is 0.781. The van der Waals surface area contributed by atoms with Crippen molar-refractivity contribution >= 4 is 27.3 Å². The number of amides is 1. The molecule has 1 atom stereocenters. The van der Waals surface area contributed by atoms with Crippen LogP contribution in [0, 0.1) is 5.92 Å². The normalized spacial score (nSPS) is 15.7. The summed E-state index contributed by atoms with van der Waals surface area (Å²) in [6.45, 7) is 0. The molecular weight excluding hydrogens is 392 g/mol. The highest BCUT2D eigenvalue weighted by molar-refractivity contribution is 7.92. The van der Waals surface area contributed by atoms with Gasteiger partial charge in [-0.3, -0.25) is 9.52 Å². The van der Waals surface area contributed by atoms with Gasteiger partial charge in [-0.25, -0.2) is 8.42 Å². The van der Waals surface area contributed by atoms with Gasteiger partial charge in [0.05, 0.1) is 14.2 Å². The average Bonchev–Trinajstić information content (AvgIpc) is 3.21. The van der Waals surface area contributed by atoms with E-state index in [2.05, 4.69) is 16.1 Å². The molecule has 1 aliphatic rings. The Morgan fingerprint density at radius 1 is 1.07 bits per heavy atom. The lowest BCUT2D eigenvalue weighted by Crippen LogP contribution is -2.17. The summed E-state index contributed by atoms with van der Waals surface area (Å²) < 4.78 is 38.6. The molecule has 154 valence electrons. The lowest BCUT2D eigenvalue weighted by Gasteiger charge is -2.14. The maximum Gasteiger partial charge on any atom is 0.265 e. The van der Waals surface area contributed by atoms with Crippen molar-refractivity contribution in [2.24, 2.45) is 5.92 Å². The van der Waals surface area contributed by atoms with Gasteiger partial charge in [0.1, 0.15) is 16.4 Å². The first-order valence-corrected chi connectivity index (χ1v) is 10.7. The van der Waals surface area contributed by atoms with Crippen molar-refractivity contribution in [3.63, 3.8) is 0 Å². The summed E-state index contributed by atoms with van der Waals surface area (Å²) in [5, 5.41) is 2.77. The van der Waals surface area contributed by atoms with E-state index in [1.165, 1.54) is 26.4 Å². The second-order valence-corrected chi connectivity index (χ2v) is 8.37. The van der Waals surface area contributed by atoms with Crippen molar-refractivity contribution in [1.82, 2.24) is 0 Å². The minimum absolute atomic E-state index is 0.0608. The molecule has 2 aromatic carbocycles. The van der Waals surface area contributed by atoms with Crippen LogP contribution in [0.1, 0.15) is 19.3 Å². The molecule has 0 spiro atoms. The van der Waals surface area contributed by atoms with E-state index in [-0.39, 0.29) is 22.5 Å². The number of sulfonamides is 1. The Hall–Kier alpha value is -3.00. The summed E-state index contributed by atoms with van der Waals surface area (Å²) >= 11 is 0. The third-order valence-corrected chi connectivity index (χ3v) is 6.04. The lowest BCUT2D eigenvalue weighted by atomic mass is 10.1. The molecule has 2 aromatic rings. The van der Waals surface area contributed by atoms with E-state index in [0.29, 0.717) is 23.5 Å². The van der Waals surface area contributed by atoms with Crippen LogP contribution in [0.25, 0.3) is 0 Å². The number of rotatable bonds is 8. The van der Waals surface area contributed by atoms with Crippen molar-refractivity contribution in [1.29, 1.82) is 0 Å². The molecule has 0 bridgehead atoms. The Balaban J connectivity index is 1.79. The van der Waals surface area contributed by atoms with Crippen LogP contribution in [0.4, 0.5) is 11.4 Å². The second kappa shape index (κ2) is 9.00. The minimum Gasteiger partial charge on any atom is -0.497 e. The molecule has 0 radical (unpaired) electrons. The highest BCUT2D eigenvalue weighted by Crippen LogP contribution is 2.30. The van der Waals surface area contributed by atoms with E-state index in [1.807, 2.05) is 6.08 Å². The maximum absolute atomic E-state index is 12.9. The van der Waals surface area contributed by atoms with E-state index < -0.39 is 10.0 Å². The lowest BCUT2D eigenvalue weighted by molar-refractivity contribution is -0.116. The van der Waals surface area contributed by atoms with Gasteiger partial charge in [0.15, 0.2) is 0 Å². The number of benzene rings is 2. The van der Waals surface area contributed by atoms with E-state index in [9.17, 15) is 13.2 Å². The van der Waals surface area contributed by atoms with Gasteiger partial charge >= 0.3 is 0 Å². The fraction of sp³-hybridized carbons (Fsp3) is 0.286. The number of carbonyl (C=O) groups is 1. The van der Waals surface area contributed by atoms with Crippen LogP contribution in [0.5, 0.6) is 11.5 Å². The molecule has 0 saturated carbocycles. The average molecular weight is 416 g/mol. The molecule has 0 aromatic heterocycles. The number of hydrogen-bond acceptors (Lipinski definition) is 5. The number of carbonyl (C=O) groups excluding carboxylic acids is 1. The fourth-order valence-electron chi connectivity index (χ4n) is 3.15. The molecule has 1 amide bonds. The van der Waals surface area contributed by atoms with Crippen molar-refractivity contribution in [3.8, 4) is 11.5 Å². The third-order valence-electron chi connectivity index (χ3n) is 4.64. The molecule has 1 aliphatic carbocycles. The van der Waals surface area contributed by atoms with E-state index in [4.69, 9.17) is 9.47 Å². The van der Waals surface area contributed by atoms with Gasteiger partial charge in [-0.15, -0.1) is 0 Å². The predicted molar refractivity (Wildman–Crippen MR) is 112 cm³/mol. The van der Waals surface area contributed by atoms with Crippen LogP contribution in [-0.4, -0.2) is 28.5 Å². The Morgan fingerprint density at radius 2 is 1.79 bits per heavy atom. The zero-order chi connectivity index (χ0) is 20.9. The van der Waals surface area contributed by atoms with Crippen molar-refractivity contribution in [2.75, 3.05) is 24.3 Å². The van der Waals surface area contributed by atoms with Gasteiger partial charge < -0.3 is 14.8 Å². The Morgan fingerprint density at radius 3 is 2.41 bits per heavy atom. The fourth-order valence-corrected chi connectivity index (χ4v) is 4.40. The highest BCUT2D eigenvalue weighted by atomic mass is 32.2. The van der Waals surface area contributed by atoms with E-state index in [1.54, 1.807) is 30.3 Å². The largest absolute Gasteiger partial charge is 0.497 e. The maximum atomic E-state index is 12.9. The van der Waals surface area contributed by atoms with Crippen LogP contribution >= 0.6 is 0 Å². The van der Waals surface area contributed by atoms with E-state index in [0.717, 1.165) is 12.8 Å². The molecular formula is C21H24N2O5S. The molecule has 0 saturated heterocycles. The molecule has 3 rings (SSSR count). The van der Waals surface area contributed by atoms with Gasteiger partial charge in [0.25, 0.3) is 10.0 Å². The van der Waals surface area contributed by atoms with Gasteiger partial charge in [-0.2, -0.15) is 0 Å². The molecule has 29 heavy (non-hydrogen) atoms. The van der Waals surface area contributed by atoms with Crippen LogP contribution in [0.3, 0.4) is 0 Å². The number of allylic oxidation sites excluding steroid dienone is 2. The van der Waals surface area contributed by atoms with Crippen molar-refractivity contribution < 1.29 is 22.7 Å². The summed E-state index contributed by atoms with van der Waals surface area (Å²) in [5.74, 6) is 0.876. The standard InChI is InChI=1S/C21H24N2O5S/c1-27-18-10-7-16(8-11-18)23-29(25,26)20-14-17(9-12-19(20)28-2)22-21(24)13-15-5-3-4-6-15/h3,5,7-12,14-15,23H,4,6,13H2,1-2H3,(H,22,24). The summed E-state index contributed by atoms with van der Waals surface area (Å²) in [7, 11) is -1.00. The second-order valence-electron chi connectivity index (χ2n) is 6.72. The monoisotopic (exact) mass is 416 g/mol. The smallest absolute Gasteiger partial charge is 0.265 e. The molecule has 0 heterocycles. The number of ether oxygens (including phenoxy) is 2. The first-order chi connectivity index (χ1) is 13.9. The van der Waals surface area contributed by atoms with Crippen molar-refractivity contribution in [3.05, 3.63) is 54.6 Å². The zero-order valence-corrected chi connectivity index (χ0v) is 17.2. The first-order valence-electron chi connectivity index (χ1n) is 9.22. The van der Waals surface area contributed by atoms with Crippen molar-refractivity contribution in [2.45, 2.75) is 24.2 Å². The van der Waals surface area contributed by atoms with Crippen LogP contribution in [0.2, 0.25) is 0 Å². The number of anilines is 2. The summed E-state index contributed by atoms with van der Waals surface area (Å²) in [6, 6.07) is 11.0. The summed E-state index contributed by atoms with van der Waals surface area (Å²) in [4.78, 5) is 12.2. The molecule has 7 nitrogen and oxygen atoms in total. The Bertz CT molecular complexity index is 1000. The summed E-state index contributed by atoms with van der Waals surface area (Å²) in [6.07, 6.45) is 6.43. The highest BCUT2D eigenvalue weighted by Gasteiger charge is 2.21. The SMILES string of the molecule is COc1ccc(NS(=O)(=O)c2cc(NC(=O)CC3C=CCC3)ccc2OC)cc1. The molecule has 8 heteroatoms. The number of methoxy groups -OCH3 is 2. The zero-order valence-electron chi connectivity index (χ0n) is 16.3. The topological polar surface area (TPSA) is 93.7 Å². The number of hydrogen-bond donors (Lipinski definition) is 2. The third kappa shape index (κ3) is 5.29. The number of nitrogens with one attached hydrogen (secondary N) is 2. The van der Waals surface area contributed by atoms with Crippen LogP contribution < -0.4 is 19.5 Å². The van der Waals surface area contributed by atoms with Crippen LogP contribution in [-0.2, 0) is 14.8 Å². The van der Waals surface area contributed by atoms with Gasteiger partial charge in [0.2, 0.25) is 5.91 Å². The van der Waals surface area contributed by atoms with E-state index >= 15 is 0 Å². The quantitative estimate of drug-likeness (QED) is 0.639. The first kappa shape index (κ1) is 20.7.